The molecule has 0 unspecified atom stereocenters. The molecule has 3 heterocycles. The van der Waals surface area contributed by atoms with Gasteiger partial charge in [-0.3, -0.25) is 4.79 Å². The summed E-state index contributed by atoms with van der Waals surface area (Å²) in [5.41, 5.74) is 4.23. The minimum absolute atomic E-state index is 0.0463. The van der Waals surface area contributed by atoms with Crippen LogP contribution in [0.15, 0.2) is 42.9 Å². The molecule has 42 heavy (non-hydrogen) atoms. The highest BCUT2D eigenvalue weighted by molar-refractivity contribution is 6.76. The molecule has 0 aliphatic carbocycles. The Hall–Kier alpha value is -2.60. The monoisotopic (exact) mass is 606 g/mol. The van der Waals surface area contributed by atoms with E-state index in [0.717, 1.165) is 34.7 Å². The van der Waals surface area contributed by atoms with Crippen molar-refractivity contribution in [2.45, 2.75) is 98.6 Å². The summed E-state index contributed by atoms with van der Waals surface area (Å²) in [6.45, 7) is 26.7. The zero-order chi connectivity index (χ0) is 31.1. The highest BCUT2D eigenvalue weighted by Gasteiger charge is 2.37. The number of carbonyl (C=O) groups excluding carboxylic acids is 1. The molecule has 0 N–H and O–H groups in total. The van der Waals surface area contributed by atoms with Gasteiger partial charge in [0.25, 0.3) is 0 Å². The zero-order valence-corrected chi connectivity index (χ0v) is 29.6. The third-order valence-electron chi connectivity index (χ3n) is 8.38. The first-order chi connectivity index (χ1) is 19.4. The summed E-state index contributed by atoms with van der Waals surface area (Å²) < 4.78 is 16.7. The highest BCUT2D eigenvalue weighted by Crippen LogP contribution is 2.37. The van der Waals surface area contributed by atoms with Crippen molar-refractivity contribution in [2.75, 3.05) is 13.2 Å². The first-order valence-corrected chi connectivity index (χ1v) is 21.7. The Morgan fingerprint density at radius 2 is 1.62 bits per heavy atom. The third kappa shape index (κ3) is 7.13. The van der Waals surface area contributed by atoms with Gasteiger partial charge in [0.1, 0.15) is 12.2 Å². The van der Waals surface area contributed by atoms with Crippen LogP contribution in [0.25, 0.3) is 33.3 Å². The number of nitrogens with zero attached hydrogens (tertiary/aromatic N) is 4. The lowest BCUT2D eigenvalue weighted by Gasteiger charge is -2.36. The number of carbonyl (C=O) groups is 1. The van der Waals surface area contributed by atoms with Gasteiger partial charge in [-0.1, -0.05) is 79.4 Å². The van der Waals surface area contributed by atoms with Crippen molar-refractivity contribution >= 4 is 44.2 Å². The predicted molar refractivity (Wildman–Crippen MR) is 179 cm³/mol. The van der Waals surface area contributed by atoms with E-state index in [1.165, 1.54) is 0 Å². The average molecular weight is 607 g/mol. The van der Waals surface area contributed by atoms with Crippen molar-refractivity contribution in [3.63, 3.8) is 0 Å². The number of hydrogen-bond acceptors (Lipinski definition) is 5. The van der Waals surface area contributed by atoms with Crippen molar-refractivity contribution < 1.29 is 14.0 Å². The summed E-state index contributed by atoms with van der Waals surface area (Å²) >= 11 is 0. The van der Waals surface area contributed by atoms with Gasteiger partial charge in [-0.2, -0.15) is 0 Å². The van der Waals surface area contributed by atoms with Gasteiger partial charge in [0.15, 0.2) is 19.7 Å². The number of para-hydroxylation sites is 1. The van der Waals surface area contributed by atoms with Gasteiger partial charge in [0, 0.05) is 55.5 Å². The molecule has 4 aromatic rings. The molecule has 0 saturated carbocycles. The first kappa shape index (κ1) is 32.3. The standard InChI is InChI=1S/C33H50N4O3Si2/c1-32(2,3)30(38)26-22-37(23-39-18-19-41(7,8)9)31-29(26)35-27(20-34-31)25-21-36(28-15-13-12-14-24(25)28)16-17-40-42(10,11)33(4,5)6/h12-15,20-22H,16-19,23H2,1-11H3. The van der Waals surface area contributed by atoms with Crippen molar-refractivity contribution in [1.82, 2.24) is 19.1 Å². The minimum atomic E-state index is -1.84. The molecule has 0 spiro atoms. The Labute approximate surface area is 253 Å². The third-order valence-corrected chi connectivity index (χ3v) is 14.6. The number of aromatic nitrogens is 4. The van der Waals surface area contributed by atoms with Crippen molar-refractivity contribution in [3.05, 3.63) is 48.4 Å². The van der Waals surface area contributed by atoms with Crippen molar-refractivity contribution in [1.29, 1.82) is 0 Å². The van der Waals surface area contributed by atoms with E-state index in [-0.39, 0.29) is 10.8 Å². The van der Waals surface area contributed by atoms with E-state index in [2.05, 4.69) is 88.5 Å². The average Bonchev–Trinajstić information content (AvgIpc) is 3.42. The second-order valence-corrected chi connectivity index (χ2v) is 25.7. The molecule has 4 rings (SSSR count). The minimum Gasteiger partial charge on any atom is -0.415 e. The molecule has 3 aromatic heterocycles. The Morgan fingerprint density at radius 1 is 0.929 bits per heavy atom. The molecule has 0 radical (unpaired) electrons. The number of Topliss-reactive ketones (excluding diaryl/α,β-unsaturated/α-hetero) is 1. The van der Waals surface area contributed by atoms with E-state index in [1.54, 1.807) is 0 Å². The molecule has 0 aliphatic heterocycles. The second-order valence-electron chi connectivity index (χ2n) is 15.2. The van der Waals surface area contributed by atoms with Gasteiger partial charge in [-0.05, 0) is 30.2 Å². The molecule has 1 aromatic carbocycles. The van der Waals surface area contributed by atoms with Gasteiger partial charge >= 0.3 is 0 Å². The lowest BCUT2D eigenvalue weighted by molar-refractivity contribution is 0.0849. The van der Waals surface area contributed by atoms with Gasteiger partial charge in [-0.15, -0.1) is 0 Å². The Balaban J connectivity index is 1.71. The summed E-state index contributed by atoms with van der Waals surface area (Å²) in [5.74, 6) is 0.0463. The van der Waals surface area contributed by atoms with Crippen LogP contribution < -0.4 is 0 Å². The first-order valence-electron chi connectivity index (χ1n) is 15.1. The van der Waals surface area contributed by atoms with E-state index in [0.29, 0.717) is 36.7 Å². The Morgan fingerprint density at radius 3 is 2.26 bits per heavy atom. The molecule has 0 atom stereocenters. The number of ketones is 1. The second kappa shape index (κ2) is 11.8. The molecule has 0 aliphatic rings. The summed E-state index contributed by atoms with van der Waals surface area (Å²) in [7, 11) is -3.05. The molecule has 0 bridgehead atoms. The molecule has 228 valence electrons. The topological polar surface area (TPSA) is 71.2 Å². The molecular formula is C33H50N4O3Si2. The smallest absolute Gasteiger partial charge is 0.192 e. The SMILES string of the molecule is CC(C)(C)C(=O)c1cn(COCC[Si](C)(C)C)c2ncc(-c3cn(CCO[Si](C)(C)C(C)(C)C)c4ccccc34)nc12. The molecule has 0 amide bonds. The van der Waals surface area contributed by atoms with Crippen LogP contribution in [0.1, 0.15) is 51.9 Å². The summed E-state index contributed by atoms with van der Waals surface area (Å²) in [6, 6.07) is 9.47. The fourth-order valence-corrected chi connectivity index (χ4v) is 6.43. The van der Waals surface area contributed by atoms with Crippen LogP contribution >= 0.6 is 0 Å². The largest absolute Gasteiger partial charge is 0.415 e. The van der Waals surface area contributed by atoms with Crippen LogP contribution in [0.2, 0.25) is 43.8 Å². The fraction of sp³-hybridized carbons (Fsp3) is 0.545. The maximum atomic E-state index is 13.6. The summed E-state index contributed by atoms with van der Waals surface area (Å²) in [4.78, 5) is 23.5. The Kier molecular flexibility index (Phi) is 9.10. The highest BCUT2D eigenvalue weighted by atomic mass is 28.4. The van der Waals surface area contributed by atoms with Gasteiger partial charge in [-0.25, -0.2) is 9.97 Å². The maximum Gasteiger partial charge on any atom is 0.192 e. The zero-order valence-electron chi connectivity index (χ0n) is 27.6. The molecule has 0 fully saturated rings. The number of ether oxygens (including phenoxy) is 1. The molecule has 7 nitrogen and oxygen atoms in total. The summed E-state index contributed by atoms with van der Waals surface area (Å²) in [6.07, 6.45) is 5.85. The van der Waals surface area contributed by atoms with Gasteiger partial charge in [0.05, 0.1) is 24.1 Å². The number of hydrogen-bond donors (Lipinski definition) is 0. The lowest BCUT2D eigenvalue weighted by atomic mass is 9.87. The van der Waals surface area contributed by atoms with Crippen LogP contribution in [0.5, 0.6) is 0 Å². The lowest BCUT2D eigenvalue weighted by Crippen LogP contribution is -2.41. The van der Waals surface area contributed by atoms with Gasteiger partial charge in [0.2, 0.25) is 0 Å². The van der Waals surface area contributed by atoms with E-state index >= 15 is 0 Å². The molecule has 9 heteroatoms. The molecular weight excluding hydrogens is 557 g/mol. The van der Waals surface area contributed by atoms with E-state index in [4.69, 9.17) is 19.1 Å². The van der Waals surface area contributed by atoms with E-state index in [1.807, 2.05) is 37.7 Å². The number of fused-ring (bicyclic) bond motifs is 2. The van der Waals surface area contributed by atoms with Crippen LogP contribution in [0, 0.1) is 5.41 Å². The molecule has 0 saturated heterocycles. The van der Waals surface area contributed by atoms with Crippen molar-refractivity contribution in [3.8, 4) is 11.3 Å². The normalized spacial score (nSPS) is 13.4. The number of rotatable bonds is 11. The quantitative estimate of drug-likeness (QED) is 0.0971. The van der Waals surface area contributed by atoms with E-state index < -0.39 is 21.8 Å². The maximum absolute atomic E-state index is 13.6. The summed E-state index contributed by atoms with van der Waals surface area (Å²) in [5, 5.41) is 1.27. The van der Waals surface area contributed by atoms with Crippen LogP contribution in [-0.2, 0) is 22.4 Å². The van der Waals surface area contributed by atoms with Crippen LogP contribution in [0.4, 0.5) is 0 Å². The fourth-order valence-electron chi connectivity index (χ4n) is 4.64. The van der Waals surface area contributed by atoms with Crippen LogP contribution in [0.3, 0.4) is 0 Å². The predicted octanol–water partition coefficient (Wildman–Crippen LogP) is 8.62. The van der Waals surface area contributed by atoms with Gasteiger partial charge < -0.3 is 18.3 Å². The Bertz CT molecular complexity index is 1570. The van der Waals surface area contributed by atoms with Crippen LogP contribution in [-0.4, -0.2) is 54.5 Å². The van der Waals surface area contributed by atoms with Crippen molar-refractivity contribution in [2.24, 2.45) is 5.41 Å². The van der Waals surface area contributed by atoms with E-state index in [9.17, 15) is 4.79 Å². The number of benzene rings is 1.